The predicted octanol–water partition coefficient (Wildman–Crippen LogP) is 4.15. The number of ether oxygens (including phenoxy) is 1. The number of aryl methyl sites for hydroxylation is 1. The van der Waals surface area contributed by atoms with E-state index in [0.29, 0.717) is 29.7 Å². The zero-order chi connectivity index (χ0) is 20.6. The fraction of sp³-hybridized carbons (Fsp3) is 0.391. The minimum Gasteiger partial charge on any atom is -0.440 e. The van der Waals surface area contributed by atoms with E-state index in [1.807, 2.05) is 37.3 Å². The molecule has 2 N–H and O–H groups in total. The largest absolute Gasteiger partial charge is 0.440 e. The van der Waals surface area contributed by atoms with Crippen molar-refractivity contribution >= 4 is 0 Å². The molecule has 28 heavy (non-hydrogen) atoms. The van der Waals surface area contributed by atoms with Crippen molar-refractivity contribution in [1.82, 2.24) is 4.57 Å². The summed E-state index contributed by atoms with van der Waals surface area (Å²) in [6, 6.07) is 12.0. The second-order valence-electron chi connectivity index (χ2n) is 8.12. The number of nitrogens with two attached hydrogens (primary N) is 1. The molecule has 0 radical (unpaired) electrons. The number of hydrogen-bond donors (Lipinski definition) is 1. The van der Waals surface area contributed by atoms with E-state index in [2.05, 4.69) is 33.8 Å². The fourth-order valence-corrected chi connectivity index (χ4v) is 3.68. The molecule has 146 valence electrons. The van der Waals surface area contributed by atoms with Crippen molar-refractivity contribution in [2.45, 2.75) is 53.0 Å². The zero-order valence-corrected chi connectivity index (χ0v) is 17.1. The van der Waals surface area contributed by atoms with Crippen LogP contribution in [0.4, 0.5) is 0 Å². The predicted molar refractivity (Wildman–Crippen MR) is 110 cm³/mol. The van der Waals surface area contributed by atoms with Gasteiger partial charge in [0.2, 0.25) is 5.88 Å². The Hall–Kier alpha value is -3.00. The van der Waals surface area contributed by atoms with Gasteiger partial charge in [-0.2, -0.15) is 5.26 Å². The van der Waals surface area contributed by atoms with E-state index in [4.69, 9.17) is 10.5 Å². The summed E-state index contributed by atoms with van der Waals surface area (Å²) in [7, 11) is 0. The van der Waals surface area contributed by atoms with Gasteiger partial charge in [-0.15, -0.1) is 0 Å². The van der Waals surface area contributed by atoms with Crippen molar-refractivity contribution in [1.29, 1.82) is 5.26 Å². The average molecular weight is 377 g/mol. The third-order valence-electron chi connectivity index (χ3n) is 5.17. The number of aromatic nitrogens is 1. The lowest BCUT2D eigenvalue weighted by atomic mass is 9.83. The minimum atomic E-state index is -0.526. The van der Waals surface area contributed by atoms with Gasteiger partial charge in [0.1, 0.15) is 17.4 Å². The molecule has 0 fully saturated rings. The Morgan fingerprint density at radius 1 is 1.21 bits per heavy atom. The number of nitriles is 1. The SMILES string of the molecule is Cc1cc2c(c(=O)n1CC(C)C)[C@H](c1ccc(C(C)C)cc1)C(C#N)=C(N)O2. The van der Waals surface area contributed by atoms with Crippen LogP contribution in [0, 0.1) is 24.2 Å². The molecule has 3 rings (SSSR count). The van der Waals surface area contributed by atoms with Gasteiger partial charge in [-0.3, -0.25) is 4.79 Å². The van der Waals surface area contributed by atoms with Crippen LogP contribution in [0.1, 0.15) is 61.9 Å². The third kappa shape index (κ3) is 3.43. The van der Waals surface area contributed by atoms with Gasteiger partial charge in [-0.1, -0.05) is 52.0 Å². The molecule has 2 heterocycles. The first-order chi connectivity index (χ1) is 13.2. The molecule has 1 aliphatic rings. The number of hydrogen-bond acceptors (Lipinski definition) is 4. The van der Waals surface area contributed by atoms with Crippen molar-refractivity contribution in [2.24, 2.45) is 11.7 Å². The topological polar surface area (TPSA) is 81.0 Å². The summed E-state index contributed by atoms with van der Waals surface area (Å²) in [5.41, 5.74) is 9.58. The smallest absolute Gasteiger partial charge is 0.258 e. The van der Waals surface area contributed by atoms with E-state index < -0.39 is 5.92 Å². The Morgan fingerprint density at radius 3 is 2.39 bits per heavy atom. The summed E-state index contributed by atoms with van der Waals surface area (Å²) >= 11 is 0. The summed E-state index contributed by atoms with van der Waals surface area (Å²) in [5.74, 6) is 0.698. The average Bonchev–Trinajstić information content (AvgIpc) is 2.64. The van der Waals surface area contributed by atoms with Gasteiger partial charge < -0.3 is 15.0 Å². The highest BCUT2D eigenvalue weighted by atomic mass is 16.5. The number of nitrogens with zero attached hydrogens (tertiary/aromatic N) is 2. The molecule has 0 bridgehead atoms. The van der Waals surface area contributed by atoms with Gasteiger partial charge in [0.25, 0.3) is 5.56 Å². The first-order valence-electron chi connectivity index (χ1n) is 9.66. The maximum Gasteiger partial charge on any atom is 0.258 e. The van der Waals surface area contributed by atoms with Crippen LogP contribution in [0.15, 0.2) is 46.6 Å². The molecule has 1 aromatic heterocycles. The van der Waals surface area contributed by atoms with Crippen LogP contribution in [-0.2, 0) is 6.54 Å². The molecule has 0 aliphatic carbocycles. The monoisotopic (exact) mass is 377 g/mol. The molecule has 5 heteroatoms. The number of allylic oxidation sites excluding steroid dienone is 1. The Bertz CT molecular complexity index is 1020. The first-order valence-corrected chi connectivity index (χ1v) is 9.66. The van der Waals surface area contributed by atoms with E-state index in [0.717, 1.165) is 11.3 Å². The van der Waals surface area contributed by atoms with Gasteiger partial charge in [-0.25, -0.2) is 0 Å². The number of rotatable bonds is 4. The summed E-state index contributed by atoms with van der Waals surface area (Å²) in [5, 5.41) is 9.75. The highest BCUT2D eigenvalue weighted by Crippen LogP contribution is 2.40. The Kier molecular flexibility index (Phi) is 5.33. The molecular formula is C23H27N3O2. The Labute approximate surface area is 166 Å². The second kappa shape index (κ2) is 7.55. The third-order valence-corrected chi connectivity index (χ3v) is 5.17. The van der Waals surface area contributed by atoms with Crippen LogP contribution in [-0.4, -0.2) is 4.57 Å². The highest BCUT2D eigenvalue weighted by Gasteiger charge is 2.34. The van der Waals surface area contributed by atoms with Crippen molar-refractivity contribution in [3.05, 3.63) is 74.5 Å². The van der Waals surface area contributed by atoms with Crippen LogP contribution < -0.4 is 16.0 Å². The molecular weight excluding hydrogens is 350 g/mol. The summed E-state index contributed by atoms with van der Waals surface area (Å²) in [6.07, 6.45) is 0. The molecule has 0 spiro atoms. The van der Waals surface area contributed by atoms with Crippen molar-refractivity contribution in [3.63, 3.8) is 0 Å². The Morgan fingerprint density at radius 2 is 1.86 bits per heavy atom. The van der Waals surface area contributed by atoms with Gasteiger partial charge in [0.15, 0.2) is 0 Å². The lowest BCUT2D eigenvalue weighted by Gasteiger charge is -2.28. The second-order valence-corrected chi connectivity index (χ2v) is 8.12. The molecule has 0 unspecified atom stereocenters. The summed E-state index contributed by atoms with van der Waals surface area (Å²) in [4.78, 5) is 13.4. The van der Waals surface area contributed by atoms with Gasteiger partial charge in [-0.05, 0) is 29.9 Å². The van der Waals surface area contributed by atoms with Gasteiger partial charge in [0, 0.05) is 18.3 Å². The first kappa shape index (κ1) is 19.8. The van der Waals surface area contributed by atoms with Crippen molar-refractivity contribution in [2.75, 3.05) is 0 Å². The standard InChI is InChI=1S/C23H27N3O2/c1-13(2)12-26-15(5)10-19-21(23(26)27)20(18(11-24)22(25)28-19)17-8-6-16(7-9-17)14(3)4/h6-10,13-14,20H,12,25H2,1-5H3/t20-/m1/s1. The number of fused-ring (bicyclic) bond motifs is 1. The van der Waals surface area contributed by atoms with E-state index in [-0.39, 0.29) is 17.0 Å². The van der Waals surface area contributed by atoms with E-state index in [9.17, 15) is 10.1 Å². The number of benzene rings is 1. The minimum absolute atomic E-state index is 0.0633. The number of pyridine rings is 1. The lowest BCUT2D eigenvalue weighted by molar-refractivity contribution is 0.386. The zero-order valence-electron chi connectivity index (χ0n) is 17.1. The van der Waals surface area contributed by atoms with E-state index >= 15 is 0 Å². The Balaban J connectivity index is 2.24. The summed E-state index contributed by atoms with van der Waals surface area (Å²) < 4.78 is 7.45. The van der Waals surface area contributed by atoms with Crippen molar-refractivity contribution < 1.29 is 4.74 Å². The van der Waals surface area contributed by atoms with Crippen molar-refractivity contribution in [3.8, 4) is 11.8 Å². The van der Waals surface area contributed by atoms with Crippen LogP contribution >= 0.6 is 0 Å². The molecule has 0 amide bonds. The fourth-order valence-electron chi connectivity index (χ4n) is 3.68. The molecule has 1 aliphatic heterocycles. The van der Waals surface area contributed by atoms with Crippen LogP contribution in [0.25, 0.3) is 0 Å². The van der Waals surface area contributed by atoms with E-state index in [1.54, 1.807) is 4.57 Å². The molecule has 1 atom stereocenters. The highest BCUT2D eigenvalue weighted by molar-refractivity contribution is 5.55. The van der Waals surface area contributed by atoms with E-state index in [1.165, 1.54) is 5.56 Å². The molecule has 1 aromatic carbocycles. The van der Waals surface area contributed by atoms with Crippen LogP contribution in [0.2, 0.25) is 0 Å². The molecule has 2 aromatic rings. The maximum atomic E-state index is 13.4. The quantitative estimate of drug-likeness (QED) is 0.868. The molecule has 5 nitrogen and oxygen atoms in total. The molecule has 0 saturated carbocycles. The summed E-state index contributed by atoms with van der Waals surface area (Å²) in [6.45, 7) is 10.9. The maximum absolute atomic E-state index is 13.4. The van der Waals surface area contributed by atoms with Crippen LogP contribution in [0.3, 0.4) is 0 Å². The lowest BCUT2D eigenvalue weighted by Crippen LogP contribution is -2.33. The van der Waals surface area contributed by atoms with Crippen LogP contribution in [0.5, 0.6) is 5.75 Å². The van der Waals surface area contributed by atoms with Gasteiger partial charge >= 0.3 is 0 Å². The van der Waals surface area contributed by atoms with Gasteiger partial charge in [0.05, 0.1) is 11.5 Å². The normalized spacial score (nSPS) is 16.1. The molecule has 0 saturated heterocycles.